The van der Waals surface area contributed by atoms with E-state index in [9.17, 15) is 49.1 Å². The topological polar surface area (TPSA) is 53.1 Å². The van der Waals surface area contributed by atoms with Gasteiger partial charge in [0.15, 0.2) is 0 Å². The molecule has 0 spiro atoms. The van der Waals surface area contributed by atoms with Crippen molar-refractivity contribution in [2.45, 2.75) is 57.5 Å². The fourth-order valence-corrected chi connectivity index (χ4v) is 4.46. The predicted molar refractivity (Wildman–Crippen MR) is 133 cm³/mol. The number of carbonyl (C=O) groups excluding carboxylic acids is 2. The minimum Gasteiger partial charge on any atom is -0.444 e. The van der Waals surface area contributed by atoms with Crippen LogP contribution in [0.1, 0.15) is 43.0 Å². The fourth-order valence-electron chi connectivity index (χ4n) is 4.46. The summed E-state index contributed by atoms with van der Waals surface area (Å²) in [5, 5.41) is 0. The van der Waals surface area contributed by atoms with Gasteiger partial charge in [0.1, 0.15) is 11.6 Å². The lowest BCUT2D eigenvalue weighted by atomic mass is 10.0. The van der Waals surface area contributed by atoms with Crippen molar-refractivity contribution in [2.75, 3.05) is 31.6 Å². The molecule has 0 bridgehead atoms. The second-order valence-electron chi connectivity index (χ2n) is 10.8. The summed E-state index contributed by atoms with van der Waals surface area (Å²) >= 11 is 0. The summed E-state index contributed by atoms with van der Waals surface area (Å²) in [5.41, 5.74) is -6.05. The smallest absolute Gasteiger partial charge is 0.418 e. The van der Waals surface area contributed by atoms with Crippen LogP contribution in [0.3, 0.4) is 0 Å². The standard InChI is InChI=1S/C27H28F9N3O3/c1-24(2,3)42-23(41)38-9-10-39(20-8-6-5-7-19(20)27(34,35)36)21(15-38)22(40)37(4)14-16-11-17(25(28,29)30)13-18(12-16)26(31,32)33/h5-8,11-13,21H,9-10,14-15H2,1-4H3. The Bertz CT molecular complexity index is 1270. The van der Waals surface area contributed by atoms with Gasteiger partial charge in [0.2, 0.25) is 5.91 Å². The molecular formula is C27H28F9N3O3. The van der Waals surface area contributed by atoms with Gasteiger partial charge in [-0.05, 0) is 56.7 Å². The number of piperazine rings is 1. The highest BCUT2D eigenvalue weighted by atomic mass is 19.4. The van der Waals surface area contributed by atoms with Gasteiger partial charge in [-0.3, -0.25) is 4.79 Å². The van der Waals surface area contributed by atoms with Crippen LogP contribution in [0.4, 0.5) is 50.0 Å². The summed E-state index contributed by atoms with van der Waals surface area (Å²) in [7, 11) is 1.09. The van der Waals surface area contributed by atoms with Crippen molar-refractivity contribution in [3.8, 4) is 0 Å². The maximum Gasteiger partial charge on any atom is 0.418 e. The van der Waals surface area contributed by atoms with Crippen molar-refractivity contribution in [2.24, 2.45) is 0 Å². The van der Waals surface area contributed by atoms with Gasteiger partial charge in [-0.2, -0.15) is 39.5 Å². The maximum atomic E-state index is 13.8. The summed E-state index contributed by atoms with van der Waals surface area (Å²) in [5.74, 6) is -0.939. The van der Waals surface area contributed by atoms with E-state index in [2.05, 4.69) is 0 Å². The maximum absolute atomic E-state index is 13.8. The SMILES string of the molecule is CN(Cc1cc(C(F)(F)F)cc(C(F)(F)F)c1)C(=O)C1CN(C(=O)OC(C)(C)C)CCN1c1ccccc1C(F)(F)F. The molecule has 0 N–H and O–H groups in total. The van der Waals surface area contributed by atoms with E-state index in [-0.39, 0.29) is 24.8 Å². The highest BCUT2D eigenvalue weighted by molar-refractivity contribution is 5.87. The van der Waals surface area contributed by atoms with Crippen LogP contribution in [-0.2, 0) is 34.6 Å². The molecule has 1 fully saturated rings. The number of hydrogen-bond acceptors (Lipinski definition) is 4. The van der Waals surface area contributed by atoms with Crippen LogP contribution in [0, 0.1) is 0 Å². The second kappa shape index (κ2) is 11.6. The number of carbonyl (C=O) groups is 2. The third kappa shape index (κ3) is 8.00. The summed E-state index contributed by atoms with van der Waals surface area (Å²) in [6.07, 6.45) is -15.9. The number of hydrogen-bond donors (Lipinski definition) is 0. The van der Waals surface area contributed by atoms with E-state index in [0.717, 1.165) is 39.9 Å². The first-order chi connectivity index (χ1) is 19.1. The molecule has 3 rings (SSSR count). The molecule has 2 aromatic carbocycles. The first kappa shape index (κ1) is 32.9. The van der Waals surface area contributed by atoms with Crippen molar-refractivity contribution in [1.82, 2.24) is 9.80 Å². The predicted octanol–water partition coefficient (Wildman–Crippen LogP) is 6.83. The number of alkyl halides is 9. The van der Waals surface area contributed by atoms with Gasteiger partial charge in [0, 0.05) is 32.4 Å². The Morgan fingerprint density at radius 3 is 1.90 bits per heavy atom. The van der Waals surface area contributed by atoms with E-state index in [1.165, 1.54) is 6.07 Å². The van der Waals surface area contributed by atoms with Crippen LogP contribution in [0.15, 0.2) is 42.5 Å². The van der Waals surface area contributed by atoms with Gasteiger partial charge < -0.3 is 19.4 Å². The second-order valence-corrected chi connectivity index (χ2v) is 10.8. The van der Waals surface area contributed by atoms with E-state index < -0.39 is 77.5 Å². The molecule has 0 aromatic heterocycles. The van der Waals surface area contributed by atoms with Gasteiger partial charge in [-0.15, -0.1) is 0 Å². The van der Waals surface area contributed by atoms with E-state index in [1.807, 2.05) is 0 Å². The van der Waals surface area contributed by atoms with Crippen molar-refractivity contribution < 1.29 is 53.8 Å². The lowest BCUT2D eigenvalue weighted by Gasteiger charge is -2.43. The fraction of sp³-hybridized carbons (Fsp3) is 0.481. The normalized spacial score (nSPS) is 16.8. The summed E-state index contributed by atoms with van der Waals surface area (Å²) in [6.45, 7) is 3.18. The minimum atomic E-state index is -5.12. The van der Waals surface area contributed by atoms with Crippen molar-refractivity contribution in [3.05, 3.63) is 64.7 Å². The first-order valence-electron chi connectivity index (χ1n) is 12.5. The molecule has 1 saturated heterocycles. The first-order valence-corrected chi connectivity index (χ1v) is 12.5. The molecule has 1 aliphatic heterocycles. The van der Waals surface area contributed by atoms with Gasteiger partial charge in [-0.1, -0.05) is 12.1 Å². The number of benzene rings is 2. The Balaban J connectivity index is 2.00. The number of likely N-dealkylation sites (N-methyl/N-ethyl adjacent to an activating group) is 1. The summed E-state index contributed by atoms with van der Waals surface area (Å²) in [4.78, 5) is 29.4. The Morgan fingerprint density at radius 1 is 0.857 bits per heavy atom. The number of para-hydroxylation sites is 1. The molecule has 1 unspecified atom stereocenters. The van der Waals surface area contributed by atoms with E-state index >= 15 is 0 Å². The average molecular weight is 614 g/mol. The van der Waals surface area contributed by atoms with Crippen LogP contribution in [0.5, 0.6) is 0 Å². The molecular weight excluding hydrogens is 585 g/mol. The quantitative estimate of drug-likeness (QED) is 0.355. The number of anilines is 1. The molecule has 2 amide bonds. The Hall–Kier alpha value is -3.65. The monoisotopic (exact) mass is 613 g/mol. The molecule has 6 nitrogen and oxygen atoms in total. The zero-order valence-corrected chi connectivity index (χ0v) is 22.9. The molecule has 1 atom stereocenters. The van der Waals surface area contributed by atoms with Crippen molar-refractivity contribution in [3.63, 3.8) is 0 Å². The van der Waals surface area contributed by atoms with E-state index in [1.54, 1.807) is 20.8 Å². The Labute approximate surface area is 235 Å². The molecule has 0 saturated carbocycles. The number of halogens is 9. The van der Waals surface area contributed by atoms with Gasteiger partial charge in [0.25, 0.3) is 0 Å². The molecule has 42 heavy (non-hydrogen) atoms. The van der Waals surface area contributed by atoms with Crippen molar-refractivity contribution >= 4 is 17.7 Å². The van der Waals surface area contributed by atoms with Gasteiger partial charge in [0.05, 0.1) is 23.2 Å². The van der Waals surface area contributed by atoms with Crippen LogP contribution >= 0.6 is 0 Å². The summed E-state index contributed by atoms with van der Waals surface area (Å²) in [6, 6.07) is 3.80. The van der Waals surface area contributed by atoms with E-state index in [4.69, 9.17) is 4.74 Å². The molecule has 15 heteroatoms. The summed E-state index contributed by atoms with van der Waals surface area (Å²) < 4.78 is 127. The van der Waals surface area contributed by atoms with Gasteiger partial charge in [-0.25, -0.2) is 4.79 Å². The third-order valence-corrected chi connectivity index (χ3v) is 6.28. The lowest BCUT2D eigenvalue weighted by molar-refractivity contribution is -0.143. The number of nitrogens with zero attached hydrogens (tertiary/aromatic N) is 3. The Kier molecular flexibility index (Phi) is 9.04. The van der Waals surface area contributed by atoms with Gasteiger partial charge >= 0.3 is 24.6 Å². The molecule has 0 aliphatic carbocycles. The molecule has 232 valence electrons. The average Bonchev–Trinajstić information content (AvgIpc) is 2.85. The number of ether oxygens (including phenoxy) is 1. The number of amides is 2. The zero-order chi connectivity index (χ0) is 31.8. The Morgan fingerprint density at radius 2 is 1.40 bits per heavy atom. The molecule has 2 aromatic rings. The van der Waals surface area contributed by atoms with Crippen LogP contribution in [-0.4, -0.2) is 60.1 Å². The largest absolute Gasteiger partial charge is 0.444 e. The lowest BCUT2D eigenvalue weighted by Crippen LogP contribution is -2.61. The third-order valence-electron chi connectivity index (χ3n) is 6.28. The highest BCUT2D eigenvalue weighted by Gasteiger charge is 2.42. The van der Waals surface area contributed by atoms with E-state index in [0.29, 0.717) is 12.1 Å². The van der Waals surface area contributed by atoms with Crippen LogP contribution in [0.2, 0.25) is 0 Å². The van der Waals surface area contributed by atoms with Crippen LogP contribution < -0.4 is 4.90 Å². The zero-order valence-electron chi connectivity index (χ0n) is 22.9. The molecule has 1 aliphatic rings. The number of rotatable bonds is 4. The van der Waals surface area contributed by atoms with Crippen molar-refractivity contribution in [1.29, 1.82) is 0 Å². The highest BCUT2D eigenvalue weighted by Crippen LogP contribution is 2.39. The van der Waals surface area contributed by atoms with Crippen LogP contribution in [0.25, 0.3) is 0 Å². The molecule has 1 heterocycles. The minimum absolute atomic E-state index is 0.0546. The molecule has 0 radical (unpaired) electrons.